The van der Waals surface area contributed by atoms with Gasteiger partial charge in [-0.05, 0) is 17.5 Å². The molecule has 1 aromatic carbocycles. The van der Waals surface area contributed by atoms with Gasteiger partial charge in [-0.15, -0.1) is 0 Å². The molecule has 7 heteroatoms. The fourth-order valence-corrected chi connectivity index (χ4v) is 3.12. The van der Waals surface area contributed by atoms with Crippen molar-refractivity contribution >= 4 is 16.0 Å². The summed E-state index contributed by atoms with van der Waals surface area (Å²) in [6.45, 7) is 1.90. The second-order valence-corrected chi connectivity index (χ2v) is 6.56. The van der Waals surface area contributed by atoms with Crippen molar-refractivity contribution in [3.63, 3.8) is 0 Å². The normalized spacial score (nSPS) is 12.6. The zero-order valence-corrected chi connectivity index (χ0v) is 12.6. The summed E-state index contributed by atoms with van der Waals surface area (Å²) in [7, 11) is -3.60. The van der Waals surface area contributed by atoms with Crippen LogP contribution in [0, 0.1) is 17.2 Å². The van der Waals surface area contributed by atoms with Crippen molar-refractivity contribution in [2.24, 2.45) is 5.92 Å². The van der Waals surface area contributed by atoms with E-state index >= 15 is 0 Å². The minimum absolute atomic E-state index is 0.0756. The van der Waals surface area contributed by atoms with Crippen molar-refractivity contribution in [2.45, 2.75) is 25.5 Å². The fourth-order valence-electron chi connectivity index (χ4n) is 1.86. The highest BCUT2D eigenvalue weighted by molar-refractivity contribution is 7.88. The second-order valence-electron chi connectivity index (χ2n) is 4.75. The Morgan fingerprint density at radius 2 is 2.10 bits per heavy atom. The Balaban J connectivity index is 2.70. The van der Waals surface area contributed by atoms with E-state index in [0.29, 0.717) is 17.5 Å². The molecule has 0 saturated heterocycles. The second kappa shape index (κ2) is 7.76. The highest BCUT2D eigenvalue weighted by Crippen LogP contribution is 2.12. The topological polar surface area (TPSA) is 107 Å². The number of sulfonamides is 1. The smallest absolute Gasteiger partial charge is 0.303 e. The summed E-state index contributed by atoms with van der Waals surface area (Å²) in [4.78, 5) is 10.7. The van der Waals surface area contributed by atoms with Gasteiger partial charge in [0.05, 0.1) is 17.4 Å². The van der Waals surface area contributed by atoms with Crippen molar-refractivity contribution in [1.29, 1.82) is 5.26 Å². The van der Waals surface area contributed by atoms with E-state index in [4.69, 9.17) is 10.4 Å². The largest absolute Gasteiger partial charge is 0.481 e. The molecular weight excluding hydrogens is 292 g/mol. The molecule has 0 bridgehead atoms. The minimum atomic E-state index is -3.60. The monoisotopic (exact) mass is 310 g/mol. The van der Waals surface area contributed by atoms with Crippen molar-refractivity contribution < 1.29 is 18.3 Å². The van der Waals surface area contributed by atoms with Gasteiger partial charge in [-0.1, -0.05) is 31.5 Å². The summed E-state index contributed by atoms with van der Waals surface area (Å²) in [6.07, 6.45) is 0.497. The van der Waals surface area contributed by atoms with Gasteiger partial charge in [0.25, 0.3) is 0 Å². The molecule has 6 nitrogen and oxygen atoms in total. The SMILES string of the molecule is CCC(CNS(=O)(=O)Cc1ccccc1C#N)CC(=O)O. The Morgan fingerprint density at radius 1 is 1.43 bits per heavy atom. The summed E-state index contributed by atoms with van der Waals surface area (Å²) in [5.41, 5.74) is 0.749. The molecular formula is C14H18N2O4S. The van der Waals surface area contributed by atoms with Gasteiger partial charge in [0.15, 0.2) is 0 Å². The molecule has 21 heavy (non-hydrogen) atoms. The van der Waals surface area contributed by atoms with Crippen molar-refractivity contribution in [3.05, 3.63) is 35.4 Å². The molecule has 114 valence electrons. The predicted molar refractivity (Wildman–Crippen MR) is 77.8 cm³/mol. The third kappa shape index (κ3) is 5.94. The van der Waals surface area contributed by atoms with Gasteiger partial charge in [0.2, 0.25) is 10.0 Å². The van der Waals surface area contributed by atoms with Crippen LogP contribution in [0.5, 0.6) is 0 Å². The van der Waals surface area contributed by atoms with Gasteiger partial charge in [-0.3, -0.25) is 4.79 Å². The van der Waals surface area contributed by atoms with Crippen LogP contribution in [0.1, 0.15) is 30.9 Å². The Labute approximate surface area is 124 Å². The van der Waals surface area contributed by atoms with Crippen LogP contribution < -0.4 is 4.72 Å². The number of nitrogens with one attached hydrogen (secondary N) is 1. The molecule has 1 rings (SSSR count). The zero-order chi connectivity index (χ0) is 15.9. The number of carbonyl (C=O) groups is 1. The van der Waals surface area contributed by atoms with Gasteiger partial charge < -0.3 is 5.11 Å². The number of hydrogen-bond acceptors (Lipinski definition) is 4. The molecule has 0 aliphatic carbocycles. The van der Waals surface area contributed by atoms with Crippen molar-refractivity contribution in [1.82, 2.24) is 4.72 Å². The van der Waals surface area contributed by atoms with Gasteiger partial charge >= 0.3 is 5.97 Å². The summed E-state index contributed by atoms with van der Waals surface area (Å²) < 4.78 is 26.4. The van der Waals surface area contributed by atoms with Crippen LogP contribution in [-0.4, -0.2) is 26.0 Å². The maximum atomic E-state index is 12.0. The standard InChI is InChI=1S/C14H18N2O4S/c1-2-11(7-14(17)18)9-16-21(19,20)10-13-6-4-3-5-12(13)8-15/h3-6,11,16H,2,7,9-10H2,1H3,(H,17,18). The number of hydrogen-bond donors (Lipinski definition) is 2. The molecule has 0 radical (unpaired) electrons. The molecule has 0 aromatic heterocycles. The molecule has 1 aromatic rings. The van der Waals surface area contributed by atoms with Gasteiger partial charge in [-0.2, -0.15) is 5.26 Å². The molecule has 0 amide bonds. The number of nitriles is 1. The maximum absolute atomic E-state index is 12.0. The van der Waals surface area contributed by atoms with E-state index in [2.05, 4.69) is 4.72 Å². The number of carboxylic acids is 1. The number of rotatable bonds is 8. The first kappa shape index (κ1) is 17.1. The van der Waals surface area contributed by atoms with E-state index in [1.807, 2.05) is 13.0 Å². The summed E-state index contributed by atoms with van der Waals surface area (Å²) in [5.74, 6) is -1.49. The van der Waals surface area contributed by atoms with E-state index in [1.165, 1.54) is 0 Å². The van der Waals surface area contributed by atoms with Gasteiger partial charge in [0, 0.05) is 13.0 Å². The molecule has 1 unspecified atom stereocenters. The van der Waals surface area contributed by atoms with Crippen LogP contribution >= 0.6 is 0 Å². The summed E-state index contributed by atoms with van der Waals surface area (Å²) in [6, 6.07) is 8.44. The third-order valence-electron chi connectivity index (χ3n) is 3.12. The molecule has 0 aliphatic rings. The average molecular weight is 310 g/mol. The van der Waals surface area contributed by atoms with Crippen molar-refractivity contribution in [3.8, 4) is 6.07 Å². The Hall–Kier alpha value is -1.91. The number of benzene rings is 1. The lowest BCUT2D eigenvalue weighted by Gasteiger charge is -2.14. The van der Waals surface area contributed by atoms with Gasteiger partial charge in [-0.25, -0.2) is 13.1 Å². The summed E-state index contributed by atoms with van der Waals surface area (Å²) in [5, 5.41) is 17.7. The number of carboxylic acid groups (broad SMARTS) is 1. The van der Waals surface area contributed by atoms with Crippen LogP contribution in [0.4, 0.5) is 0 Å². The predicted octanol–water partition coefficient (Wildman–Crippen LogP) is 1.48. The Morgan fingerprint density at radius 3 is 2.67 bits per heavy atom. The molecule has 0 heterocycles. The molecule has 0 aliphatic heterocycles. The van der Waals surface area contributed by atoms with E-state index in [-0.39, 0.29) is 24.6 Å². The van der Waals surface area contributed by atoms with Crippen LogP contribution in [0.25, 0.3) is 0 Å². The van der Waals surface area contributed by atoms with E-state index in [0.717, 1.165) is 0 Å². The summed E-state index contributed by atoms with van der Waals surface area (Å²) >= 11 is 0. The Kier molecular flexibility index (Phi) is 6.34. The quantitative estimate of drug-likeness (QED) is 0.756. The lowest BCUT2D eigenvalue weighted by atomic mass is 10.0. The van der Waals surface area contributed by atoms with Crippen LogP contribution in [0.2, 0.25) is 0 Å². The van der Waals surface area contributed by atoms with Crippen LogP contribution in [0.15, 0.2) is 24.3 Å². The number of nitrogens with zero attached hydrogens (tertiary/aromatic N) is 1. The van der Waals surface area contributed by atoms with Crippen LogP contribution in [0.3, 0.4) is 0 Å². The molecule has 0 fully saturated rings. The van der Waals surface area contributed by atoms with E-state index in [9.17, 15) is 13.2 Å². The molecule has 2 N–H and O–H groups in total. The minimum Gasteiger partial charge on any atom is -0.481 e. The first-order valence-electron chi connectivity index (χ1n) is 6.55. The third-order valence-corrected chi connectivity index (χ3v) is 4.41. The zero-order valence-electron chi connectivity index (χ0n) is 11.7. The van der Waals surface area contributed by atoms with E-state index in [1.54, 1.807) is 24.3 Å². The molecule has 0 saturated carbocycles. The first-order valence-corrected chi connectivity index (χ1v) is 8.20. The first-order chi connectivity index (χ1) is 9.88. The fraction of sp³-hybridized carbons (Fsp3) is 0.429. The molecule has 0 spiro atoms. The Bertz CT molecular complexity index is 635. The average Bonchev–Trinajstić information content (AvgIpc) is 2.43. The number of aliphatic carboxylic acids is 1. The lowest BCUT2D eigenvalue weighted by molar-refractivity contribution is -0.138. The lowest BCUT2D eigenvalue weighted by Crippen LogP contribution is -2.31. The van der Waals surface area contributed by atoms with Crippen LogP contribution in [-0.2, 0) is 20.6 Å². The van der Waals surface area contributed by atoms with Crippen molar-refractivity contribution in [2.75, 3.05) is 6.54 Å². The highest BCUT2D eigenvalue weighted by atomic mass is 32.2. The van der Waals surface area contributed by atoms with Gasteiger partial charge in [0.1, 0.15) is 0 Å². The maximum Gasteiger partial charge on any atom is 0.303 e. The van der Waals surface area contributed by atoms with E-state index < -0.39 is 16.0 Å². The highest BCUT2D eigenvalue weighted by Gasteiger charge is 2.17. The molecule has 1 atom stereocenters.